The molecular weight excluding hydrogens is 226 g/mol. The fourth-order valence-electron chi connectivity index (χ4n) is 2.33. The van der Waals surface area contributed by atoms with Crippen molar-refractivity contribution >= 4 is 6.47 Å². The van der Waals surface area contributed by atoms with Gasteiger partial charge in [-0.1, -0.05) is 39.8 Å². The summed E-state index contributed by atoms with van der Waals surface area (Å²) in [6.07, 6.45) is 4.70. The maximum absolute atomic E-state index is 8.25. The first-order valence-electron chi connectivity index (χ1n) is 6.37. The van der Waals surface area contributed by atoms with Crippen molar-refractivity contribution in [3.8, 4) is 0 Å². The third-order valence-corrected chi connectivity index (χ3v) is 3.09. The SMILES string of the molecule is CCc1ccc(CC)c(CC)c1CC.O=C[O-].[NH4+]. The highest BCUT2D eigenvalue weighted by Gasteiger charge is 2.07. The average molecular weight is 253 g/mol. The molecule has 0 saturated heterocycles. The van der Waals surface area contributed by atoms with E-state index in [9.17, 15) is 0 Å². The van der Waals surface area contributed by atoms with Gasteiger partial charge < -0.3 is 16.1 Å². The molecule has 0 aliphatic rings. The highest BCUT2D eigenvalue weighted by atomic mass is 16.3. The molecule has 0 bridgehead atoms. The van der Waals surface area contributed by atoms with Crippen LogP contribution in [0.1, 0.15) is 49.9 Å². The van der Waals surface area contributed by atoms with E-state index in [0.717, 1.165) is 0 Å². The molecule has 0 aliphatic heterocycles. The first-order chi connectivity index (χ1) is 8.19. The molecule has 1 aromatic rings. The van der Waals surface area contributed by atoms with Gasteiger partial charge in [0.15, 0.2) is 0 Å². The number of quaternary nitrogens is 1. The number of aryl methyl sites for hydroxylation is 2. The van der Waals surface area contributed by atoms with Gasteiger partial charge in [0.05, 0.1) is 0 Å². The number of benzene rings is 1. The molecule has 1 aromatic carbocycles. The Morgan fingerprint density at radius 2 is 1.17 bits per heavy atom. The van der Waals surface area contributed by atoms with Crippen molar-refractivity contribution in [1.29, 1.82) is 0 Å². The first kappa shape index (κ1) is 19.0. The molecule has 18 heavy (non-hydrogen) atoms. The molecule has 104 valence electrons. The molecule has 0 aromatic heterocycles. The molecule has 0 saturated carbocycles. The van der Waals surface area contributed by atoms with Crippen molar-refractivity contribution in [1.82, 2.24) is 6.15 Å². The Hall–Kier alpha value is -1.35. The van der Waals surface area contributed by atoms with Crippen LogP contribution >= 0.6 is 0 Å². The summed E-state index contributed by atoms with van der Waals surface area (Å²) in [4.78, 5) is 8.25. The lowest BCUT2D eigenvalue weighted by atomic mass is 9.90. The third kappa shape index (κ3) is 4.88. The van der Waals surface area contributed by atoms with Crippen LogP contribution in [-0.2, 0) is 30.5 Å². The van der Waals surface area contributed by atoms with Crippen LogP contribution in [0.2, 0.25) is 0 Å². The highest BCUT2D eigenvalue weighted by Crippen LogP contribution is 2.21. The van der Waals surface area contributed by atoms with Crippen LogP contribution in [-0.4, -0.2) is 6.47 Å². The Morgan fingerprint density at radius 1 is 0.889 bits per heavy atom. The van der Waals surface area contributed by atoms with Gasteiger partial charge in [0.2, 0.25) is 0 Å². The van der Waals surface area contributed by atoms with Gasteiger partial charge >= 0.3 is 0 Å². The van der Waals surface area contributed by atoms with Crippen molar-refractivity contribution in [3.05, 3.63) is 34.4 Å². The topological polar surface area (TPSA) is 76.6 Å². The lowest BCUT2D eigenvalue weighted by Crippen LogP contribution is -2.01. The number of carboxylic acid groups (broad SMARTS) is 1. The zero-order chi connectivity index (χ0) is 13.3. The van der Waals surface area contributed by atoms with Crippen LogP contribution in [0.5, 0.6) is 0 Å². The normalized spacial score (nSPS) is 8.89. The molecule has 3 heteroatoms. The zero-order valence-corrected chi connectivity index (χ0v) is 12.4. The minimum absolute atomic E-state index is 0. The van der Waals surface area contributed by atoms with E-state index in [-0.39, 0.29) is 6.15 Å². The Morgan fingerprint density at radius 3 is 1.33 bits per heavy atom. The summed E-state index contributed by atoms with van der Waals surface area (Å²) in [5, 5.41) is 8.25. The minimum atomic E-state index is -0.500. The van der Waals surface area contributed by atoms with Crippen molar-refractivity contribution < 1.29 is 9.90 Å². The maximum Gasteiger partial charge on any atom is 0.0275 e. The van der Waals surface area contributed by atoms with Gasteiger partial charge in [-0.2, -0.15) is 0 Å². The Labute approximate surface area is 111 Å². The Balaban J connectivity index is 0. The molecular formula is C15H27NO2. The fourth-order valence-corrected chi connectivity index (χ4v) is 2.33. The summed E-state index contributed by atoms with van der Waals surface area (Å²) in [6.45, 7) is 8.54. The predicted octanol–water partition coefficient (Wildman–Crippen LogP) is 2.68. The number of carbonyl (C=O) groups excluding carboxylic acids is 1. The van der Waals surface area contributed by atoms with E-state index in [1.54, 1.807) is 22.3 Å². The molecule has 1 rings (SSSR count). The molecule has 0 heterocycles. The van der Waals surface area contributed by atoms with Gasteiger partial charge in [0.1, 0.15) is 0 Å². The van der Waals surface area contributed by atoms with E-state index >= 15 is 0 Å². The van der Waals surface area contributed by atoms with Crippen molar-refractivity contribution in [2.45, 2.75) is 53.4 Å². The fraction of sp³-hybridized carbons (Fsp3) is 0.533. The molecule has 0 amide bonds. The van der Waals surface area contributed by atoms with Crippen LogP contribution in [0.25, 0.3) is 0 Å². The van der Waals surface area contributed by atoms with Gasteiger partial charge in [-0.3, -0.25) is 0 Å². The summed E-state index contributed by atoms with van der Waals surface area (Å²) in [6, 6.07) is 4.63. The van der Waals surface area contributed by atoms with E-state index in [4.69, 9.17) is 9.90 Å². The van der Waals surface area contributed by atoms with Gasteiger partial charge in [-0.15, -0.1) is 0 Å². The van der Waals surface area contributed by atoms with Crippen molar-refractivity contribution in [2.75, 3.05) is 0 Å². The minimum Gasteiger partial charge on any atom is -0.554 e. The second kappa shape index (κ2) is 10.8. The summed E-state index contributed by atoms with van der Waals surface area (Å²) >= 11 is 0. The largest absolute Gasteiger partial charge is 0.554 e. The molecule has 0 atom stereocenters. The third-order valence-electron chi connectivity index (χ3n) is 3.09. The van der Waals surface area contributed by atoms with Crippen molar-refractivity contribution in [3.63, 3.8) is 0 Å². The van der Waals surface area contributed by atoms with Crippen molar-refractivity contribution in [2.24, 2.45) is 0 Å². The standard InChI is InChI=1S/C14H22.CH2O2.H3N/c1-5-11-9-10-12(6-2)14(8-4)13(11)7-3;2-1-3;/h9-10H,5-8H2,1-4H3;1H,(H,2,3);1H3. The molecule has 0 radical (unpaired) electrons. The maximum atomic E-state index is 8.25. The van der Waals surface area contributed by atoms with E-state index in [1.165, 1.54) is 25.7 Å². The quantitative estimate of drug-likeness (QED) is 0.837. The van der Waals surface area contributed by atoms with Crippen LogP contribution in [0.15, 0.2) is 12.1 Å². The molecule has 4 N–H and O–H groups in total. The second-order valence-corrected chi connectivity index (χ2v) is 3.85. The molecule has 0 fully saturated rings. The summed E-state index contributed by atoms with van der Waals surface area (Å²) in [5.74, 6) is 0. The van der Waals surface area contributed by atoms with E-state index in [0.29, 0.717) is 0 Å². The number of rotatable bonds is 4. The van der Waals surface area contributed by atoms with Crippen LogP contribution < -0.4 is 11.3 Å². The number of hydrogen-bond donors (Lipinski definition) is 1. The van der Waals surface area contributed by atoms with Crippen LogP contribution in [0, 0.1) is 0 Å². The smallest absolute Gasteiger partial charge is 0.0275 e. The summed E-state index contributed by atoms with van der Waals surface area (Å²) in [7, 11) is 0. The zero-order valence-electron chi connectivity index (χ0n) is 12.4. The summed E-state index contributed by atoms with van der Waals surface area (Å²) in [5.41, 5.74) is 6.30. The van der Waals surface area contributed by atoms with Gasteiger partial charge in [-0.25, -0.2) is 0 Å². The Kier molecular flexibility index (Phi) is 11.4. The second-order valence-electron chi connectivity index (χ2n) is 3.85. The van der Waals surface area contributed by atoms with Gasteiger partial charge in [0, 0.05) is 6.47 Å². The van der Waals surface area contributed by atoms with E-state index < -0.39 is 6.47 Å². The van der Waals surface area contributed by atoms with E-state index in [1.807, 2.05) is 0 Å². The molecule has 0 spiro atoms. The lowest BCUT2D eigenvalue weighted by molar-refractivity contribution is -0.283. The lowest BCUT2D eigenvalue weighted by Gasteiger charge is -2.15. The van der Waals surface area contributed by atoms with Gasteiger partial charge in [-0.05, 0) is 47.9 Å². The van der Waals surface area contributed by atoms with Crippen LogP contribution in [0.4, 0.5) is 0 Å². The molecule has 3 nitrogen and oxygen atoms in total. The van der Waals surface area contributed by atoms with Crippen LogP contribution in [0.3, 0.4) is 0 Å². The first-order valence-corrected chi connectivity index (χ1v) is 6.37. The Bertz CT molecular complexity index is 318. The van der Waals surface area contributed by atoms with E-state index in [2.05, 4.69) is 39.8 Å². The molecule has 0 unspecified atom stereocenters. The monoisotopic (exact) mass is 253 g/mol. The number of carbonyl (C=O) groups is 1. The molecule has 0 aliphatic carbocycles. The summed E-state index contributed by atoms with van der Waals surface area (Å²) < 4.78 is 0. The highest BCUT2D eigenvalue weighted by molar-refractivity contribution is 5.41. The number of hydrogen-bond acceptors (Lipinski definition) is 2. The van der Waals surface area contributed by atoms with Gasteiger partial charge in [0.25, 0.3) is 0 Å². The predicted molar refractivity (Wildman–Crippen MR) is 76.0 cm³/mol. The average Bonchev–Trinajstić information content (AvgIpc) is 2.37.